The van der Waals surface area contributed by atoms with Crippen molar-refractivity contribution in [3.05, 3.63) is 70.8 Å². The number of nitrogens with zero attached hydrogens (tertiary/aromatic N) is 1. The van der Waals surface area contributed by atoms with Crippen LogP contribution in [-0.4, -0.2) is 43.1 Å². The van der Waals surface area contributed by atoms with Gasteiger partial charge in [-0.1, -0.05) is 41.9 Å². The molecule has 1 aliphatic rings. The highest BCUT2D eigenvalue weighted by molar-refractivity contribution is 6.34. The van der Waals surface area contributed by atoms with Crippen LogP contribution in [0, 0.1) is 5.92 Å². The Kier molecular flexibility index (Phi) is 7.56. The molecule has 2 aromatic rings. The zero-order valence-electron chi connectivity index (χ0n) is 16.4. The first-order valence-electron chi connectivity index (χ1n) is 9.82. The van der Waals surface area contributed by atoms with Gasteiger partial charge < -0.3 is 4.74 Å². The monoisotopic (exact) mass is 437 g/mol. The maximum absolute atomic E-state index is 12.7. The molecule has 2 aromatic carbocycles. The average molecular weight is 438 g/mol. The summed E-state index contributed by atoms with van der Waals surface area (Å²) >= 11 is 6.03. The van der Waals surface area contributed by atoms with Crippen LogP contribution < -0.4 is 4.74 Å². The van der Waals surface area contributed by atoms with Crippen molar-refractivity contribution >= 4 is 23.5 Å². The van der Waals surface area contributed by atoms with Crippen molar-refractivity contribution in [3.8, 4) is 5.75 Å². The summed E-state index contributed by atoms with van der Waals surface area (Å²) in [6, 6.07) is 14.2. The Labute approximate surface area is 179 Å². The summed E-state index contributed by atoms with van der Waals surface area (Å²) in [5, 5.41) is 0.415. The van der Waals surface area contributed by atoms with Crippen molar-refractivity contribution in [2.75, 3.05) is 26.2 Å². The fourth-order valence-corrected chi connectivity index (χ4v) is 3.60. The molecule has 0 atom stereocenters. The highest BCUT2D eigenvalue weighted by Gasteiger charge is 2.40. The Morgan fingerprint density at radius 2 is 1.77 bits per heavy atom. The third-order valence-corrected chi connectivity index (χ3v) is 5.50. The minimum atomic E-state index is -4.09. The van der Waals surface area contributed by atoms with Gasteiger partial charge in [-0.15, -0.1) is 0 Å². The van der Waals surface area contributed by atoms with Gasteiger partial charge in [0.1, 0.15) is 12.4 Å². The maximum atomic E-state index is 12.7. The van der Waals surface area contributed by atoms with E-state index in [1.165, 1.54) is 6.08 Å². The molecule has 0 aromatic heterocycles. The number of hydrogen-bond acceptors (Lipinski definition) is 3. The van der Waals surface area contributed by atoms with E-state index in [1.807, 2.05) is 17.0 Å². The smallest absolute Gasteiger partial charge is 0.391 e. The van der Waals surface area contributed by atoms with E-state index < -0.39 is 12.1 Å². The summed E-state index contributed by atoms with van der Waals surface area (Å²) in [6.45, 7) is 1.89. The summed E-state index contributed by atoms with van der Waals surface area (Å²) in [5.74, 6) is -0.676. The van der Waals surface area contributed by atoms with Crippen molar-refractivity contribution in [2.24, 2.45) is 5.92 Å². The summed E-state index contributed by atoms with van der Waals surface area (Å²) in [4.78, 5) is 14.2. The van der Waals surface area contributed by atoms with Gasteiger partial charge in [0.2, 0.25) is 0 Å². The second-order valence-electron chi connectivity index (χ2n) is 7.25. The predicted molar refractivity (Wildman–Crippen MR) is 112 cm³/mol. The third kappa shape index (κ3) is 6.34. The molecule has 0 amide bonds. The van der Waals surface area contributed by atoms with Crippen LogP contribution in [0.25, 0.3) is 6.08 Å². The van der Waals surface area contributed by atoms with E-state index in [2.05, 4.69) is 0 Å². The standard InChI is InChI=1S/C23H23ClF3NO2/c24-21-4-2-1-3-20(21)22(29)10-7-17-5-8-19(9-6-17)30-16-15-28-13-11-18(12-14-28)23(25,26)27/h1-10,18H,11-16H2. The summed E-state index contributed by atoms with van der Waals surface area (Å²) < 4.78 is 43.8. The molecule has 1 fully saturated rings. The lowest BCUT2D eigenvalue weighted by Crippen LogP contribution is -2.40. The molecule has 0 saturated carbocycles. The van der Waals surface area contributed by atoms with Gasteiger partial charge >= 0.3 is 6.18 Å². The number of carbonyl (C=O) groups excluding carboxylic acids is 1. The molecule has 0 N–H and O–H groups in total. The molecule has 0 aliphatic carbocycles. The molecule has 0 radical (unpaired) electrons. The lowest BCUT2D eigenvalue weighted by atomic mass is 9.96. The van der Waals surface area contributed by atoms with Crippen LogP contribution in [0.4, 0.5) is 13.2 Å². The van der Waals surface area contributed by atoms with Gasteiger partial charge in [0.25, 0.3) is 0 Å². The first-order valence-corrected chi connectivity index (χ1v) is 10.2. The molecule has 160 valence electrons. The number of halogens is 4. The fraction of sp³-hybridized carbons (Fsp3) is 0.348. The van der Waals surface area contributed by atoms with Crippen molar-refractivity contribution in [3.63, 3.8) is 0 Å². The number of ketones is 1. The molecule has 1 saturated heterocycles. The molecule has 3 rings (SSSR count). The highest BCUT2D eigenvalue weighted by atomic mass is 35.5. The summed E-state index contributed by atoms with van der Waals surface area (Å²) in [5.41, 5.74) is 1.30. The van der Waals surface area contributed by atoms with E-state index in [9.17, 15) is 18.0 Å². The van der Waals surface area contributed by atoms with Gasteiger partial charge in [-0.25, -0.2) is 0 Å². The number of rotatable bonds is 7. The zero-order valence-corrected chi connectivity index (χ0v) is 17.1. The quantitative estimate of drug-likeness (QED) is 0.399. The first kappa shape index (κ1) is 22.4. The van der Waals surface area contributed by atoms with Gasteiger partial charge in [-0.05, 0) is 61.8 Å². The average Bonchev–Trinajstić information content (AvgIpc) is 2.73. The Balaban J connectivity index is 1.43. The Hall–Kier alpha value is -2.31. The number of likely N-dealkylation sites (tertiary alicyclic amines) is 1. The van der Waals surface area contributed by atoms with E-state index in [1.54, 1.807) is 42.5 Å². The van der Waals surface area contributed by atoms with E-state index >= 15 is 0 Å². The number of allylic oxidation sites excluding steroid dienone is 1. The van der Waals surface area contributed by atoms with Gasteiger partial charge in [0.15, 0.2) is 5.78 Å². The van der Waals surface area contributed by atoms with Crippen LogP contribution >= 0.6 is 11.6 Å². The van der Waals surface area contributed by atoms with Gasteiger partial charge in [0.05, 0.1) is 10.9 Å². The fourth-order valence-electron chi connectivity index (χ4n) is 3.37. The first-order chi connectivity index (χ1) is 14.3. The van der Waals surface area contributed by atoms with E-state index in [0.29, 0.717) is 42.6 Å². The van der Waals surface area contributed by atoms with Crippen LogP contribution in [0.3, 0.4) is 0 Å². The molecule has 0 bridgehead atoms. The van der Waals surface area contributed by atoms with E-state index in [0.717, 1.165) is 5.56 Å². The number of carbonyl (C=O) groups is 1. The molecular weight excluding hydrogens is 415 g/mol. The van der Waals surface area contributed by atoms with E-state index in [-0.39, 0.29) is 18.6 Å². The molecule has 3 nitrogen and oxygen atoms in total. The SMILES string of the molecule is O=C(C=Cc1ccc(OCCN2CCC(C(F)(F)F)CC2)cc1)c1ccccc1Cl. The molecule has 1 aliphatic heterocycles. The van der Waals surface area contributed by atoms with Crippen molar-refractivity contribution in [1.82, 2.24) is 4.90 Å². The van der Waals surface area contributed by atoms with Crippen molar-refractivity contribution in [1.29, 1.82) is 0 Å². The third-order valence-electron chi connectivity index (χ3n) is 5.17. The Bertz CT molecular complexity index is 873. The van der Waals surface area contributed by atoms with Gasteiger partial charge in [-0.2, -0.15) is 13.2 Å². The second kappa shape index (κ2) is 10.1. The van der Waals surface area contributed by atoms with Crippen LogP contribution in [0.5, 0.6) is 5.75 Å². The van der Waals surface area contributed by atoms with Crippen molar-refractivity contribution in [2.45, 2.75) is 19.0 Å². The second-order valence-corrected chi connectivity index (χ2v) is 7.66. The molecular formula is C23H23ClF3NO2. The Morgan fingerprint density at radius 1 is 1.10 bits per heavy atom. The number of benzene rings is 2. The highest BCUT2D eigenvalue weighted by Crippen LogP contribution is 2.33. The van der Waals surface area contributed by atoms with Crippen molar-refractivity contribution < 1.29 is 22.7 Å². The minimum Gasteiger partial charge on any atom is -0.492 e. The molecule has 30 heavy (non-hydrogen) atoms. The van der Waals surface area contributed by atoms with Crippen LogP contribution in [0.15, 0.2) is 54.6 Å². The zero-order chi connectivity index (χ0) is 21.6. The number of alkyl halides is 3. The maximum Gasteiger partial charge on any atom is 0.391 e. The lowest BCUT2D eigenvalue weighted by Gasteiger charge is -2.32. The van der Waals surface area contributed by atoms with Gasteiger partial charge in [0, 0.05) is 12.1 Å². The molecule has 7 heteroatoms. The van der Waals surface area contributed by atoms with Crippen LogP contribution in [0.1, 0.15) is 28.8 Å². The van der Waals surface area contributed by atoms with Crippen LogP contribution in [0.2, 0.25) is 5.02 Å². The number of hydrogen-bond donors (Lipinski definition) is 0. The van der Waals surface area contributed by atoms with E-state index in [4.69, 9.17) is 16.3 Å². The predicted octanol–water partition coefficient (Wildman–Crippen LogP) is 5.89. The van der Waals surface area contributed by atoms with Gasteiger partial charge in [-0.3, -0.25) is 9.69 Å². The number of ether oxygens (including phenoxy) is 1. The summed E-state index contributed by atoms with van der Waals surface area (Å²) in [6.07, 6.45) is -0.604. The normalized spacial score (nSPS) is 16.1. The topological polar surface area (TPSA) is 29.5 Å². The molecule has 1 heterocycles. The van der Waals surface area contributed by atoms with Crippen LogP contribution in [-0.2, 0) is 0 Å². The lowest BCUT2D eigenvalue weighted by molar-refractivity contribution is -0.185. The largest absolute Gasteiger partial charge is 0.492 e. The summed E-state index contributed by atoms with van der Waals surface area (Å²) in [7, 11) is 0. The minimum absolute atomic E-state index is 0.150. The number of piperidine rings is 1. The Morgan fingerprint density at radius 3 is 2.40 bits per heavy atom. The molecule has 0 spiro atoms. The molecule has 0 unspecified atom stereocenters.